The van der Waals surface area contributed by atoms with Crippen LogP contribution >= 0.6 is 0 Å². The normalized spacial score (nSPS) is 13.9. The average Bonchev–Trinajstić information content (AvgIpc) is 3.31. The van der Waals surface area contributed by atoms with Crippen LogP contribution in [0, 0.1) is 0 Å². The van der Waals surface area contributed by atoms with E-state index in [1.807, 2.05) is 30.0 Å². The van der Waals surface area contributed by atoms with Crippen LogP contribution in [0.1, 0.15) is 25.3 Å². The van der Waals surface area contributed by atoms with Crippen molar-refractivity contribution in [2.24, 2.45) is 5.73 Å². The Bertz CT molecular complexity index is 486. The van der Waals surface area contributed by atoms with E-state index in [9.17, 15) is 4.79 Å². The van der Waals surface area contributed by atoms with Crippen molar-refractivity contribution in [3.63, 3.8) is 0 Å². The summed E-state index contributed by atoms with van der Waals surface area (Å²) in [6.45, 7) is 3.35. The van der Waals surface area contributed by atoms with Gasteiger partial charge in [0.15, 0.2) is 6.61 Å². The zero-order valence-electron chi connectivity index (χ0n) is 12.8. The molecule has 1 aliphatic rings. The molecule has 1 aromatic carbocycles. The Morgan fingerprint density at radius 2 is 2.19 bits per heavy atom. The first-order valence-electron chi connectivity index (χ1n) is 7.48. The van der Waals surface area contributed by atoms with Crippen molar-refractivity contribution in [1.82, 2.24) is 4.90 Å². The molecule has 0 saturated heterocycles. The highest BCUT2D eigenvalue weighted by Crippen LogP contribution is 2.27. The fourth-order valence-electron chi connectivity index (χ4n) is 2.42. The molecule has 2 N–H and O–H groups in total. The highest BCUT2D eigenvalue weighted by atomic mass is 16.5. The predicted molar refractivity (Wildman–Crippen MR) is 81.7 cm³/mol. The second-order valence-electron chi connectivity index (χ2n) is 5.21. The second-order valence-corrected chi connectivity index (χ2v) is 5.21. The van der Waals surface area contributed by atoms with Gasteiger partial charge in [0.05, 0.1) is 7.11 Å². The van der Waals surface area contributed by atoms with Crippen LogP contribution in [0.5, 0.6) is 11.5 Å². The lowest BCUT2D eigenvalue weighted by Crippen LogP contribution is -2.36. The maximum atomic E-state index is 12.2. The highest BCUT2D eigenvalue weighted by molar-refractivity contribution is 5.78. The number of benzene rings is 1. The van der Waals surface area contributed by atoms with Gasteiger partial charge in [0.2, 0.25) is 0 Å². The zero-order chi connectivity index (χ0) is 15.2. The molecule has 0 spiro atoms. The van der Waals surface area contributed by atoms with Crippen molar-refractivity contribution in [1.29, 1.82) is 0 Å². The molecule has 0 aromatic heterocycles. The summed E-state index contributed by atoms with van der Waals surface area (Å²) in [5.74, 6) is 1.53. The van der Waals surface area contributed by atoms with Gasteiger partial charge in [0.25, 0.3) is 5.91 Å². The van der Waals surface area contributed by atoms with Gasteiger partial charge in [-0.2, -0.15) is 0 Å². The van der Waals surface area contributed by atoms with E-state index in [-0.39, 0.29) is 12.5 Å². The van der Waals surface area contributed by atoms with E-state index in [1.54, 1.807) is 7.11 Å². The number of nitrogens with zero attached hydrogens (tertiary/aromatic N) is 1. The fraction of sp³-hybridized carbons (Fsp3) is 0.562. The summed E-state index contributed by atoms with van der Waals surface area (Å²) >= 11 is 0. The summed E-state index contributed by atoms with van der Waals surface area (Å²) in [5.41, 5.74) is 6.59. The standard InChI is InChI=1S/C16H24N2O3/c1-3-18(13-4-5-13)16(19)11-21-15-7-6-14(20-2)10-12(15)8-9-17/h6-7,10,13H,3-5,8-9,11,17H2,1-2H3. The molecule has 0 bridgehead atoms. The van der Waals surface area contributed by atoms with Gasteiger partial charge in [-0.05, 0) is 56.5 Å². The summed E-state index contributed by atoms with van der Waals surface area (Å²) in [6.07, 6.45) is 2.92. The van der Waals surface area contributed by atoms with Crippen molar-refractivity contribution in [2.75, 3.05) is 26.8 Å². The fourth-order valence-corrected chi connectivity index (χ4v) is 2.42. The first-order chi connectivity index (χ1) is 10.2. The summed E-state index contributed by atoms with van der Waals surface area (Å²) in [7, 11) is 1.63. The number of ether oxygens (including phenoxy) is 2. The Balaban J connectivity index is 1.99. The number of methoxy groups -OCH3 is 1. The van der Waals surface area contributed by atoms with Crippen molar-refractivity contribution >= 4 is 5.91 Å². The Hall–Kier alpha value is -1.75. The molecule has 116 valence electrons. The van der Waals surface area contributed by atoms with Crippen LogP contribution < -0.4 is 15.2 Å². The van der Waals surface area contributed by atoms with Crippen molar-refractivity contribution in [3.8, 4) is 11.5 Å². The van der Waals surface area contributed by atoms with E-state index in [1.165, 1.54) is 0 Å². The molecular weight excluding hydrogens is 268 g/mol. The summed E-state index contributed by atoms with van der Waals surface area (Å²) < 4.78 is 10.9. The molecule has 0 heterocycles. The van der Waals surface area contributed by atoms with E-state index in [0.717, 1.165) is 30.7 Å². The number of hydrogen-bond donors (Lipinski definition) is 1. The van der Waals surface area contributed by atoms with Crippen molar-refractivity contribution in [3.05, 3.63) is 23.8 Å². The van der Waals surface area contributed by atoms with Gasteiger partial charge < -0.3 is 20.1 Å². The first-order valence-corrected chi connectivity index (χ1v) is 7.48. The third-order valence-electron chi connectivity index (χ3n) is 3.68. The van der Waals surface area contributed by atoms with E-state index < -0.39 is 0 Å². The Kier molecular flexibility index (Phi) is 5.44. The third-order valence-corrected chi connectivity index (χ3v) is 3.68. The predicted octanol–water partition coefficient (Wildman–Crippen LogP) is 1.59. The van der Waals surface area contributed by atoms with Crippen molar-refractivity contribution in [2.45, 2.75) is 32.2 Å². The second kappa shape index (κ2) is 7.31. The third kappa shape index (κ3) is 4.11. The Morgan fingerprint density at radius 3 is 2.76 bits per heavy atom. The first kappa shape index (κ1) is 15.6. The minimum atomic E-state index is 0.0505. The van der Waals surface area contributed by atoms with Gasteiger partial charge in [-0.25, -0.2) is 0 Å². The lowest BCUT2D eigenvalue weighted by atomic mass is 10.1. The quantitative estimate of drug-likeness (QED) is 0.790. The van der Waals surface area contributed by atoms with E-state index in [0.29, 0.717) is 24.8 Å². The Labute approximate surface area is 126 Å². The highest BCUT2D eigenvalue weighted by Gasteiger charge is 2.31. The number of nitrogens with two attached hydrogens (primary N) is 1. The van der Waals surface area contributed by atoms with Crippen LogP contribution in [-0.4, -0.2) is 43.7 Å². The van der Waals surface area contributed by atoms with E-state index >= 15 is 0 Å². The molecule has 1 aliphatic carbocycles. The molecule has 0 radical (unpaired) electrons. The SMILES string of the molecule is CCN(C(=O)COc1ccc(OC)cc1CCN)C1CC1. The molecule has 1 aromatic rings. The maximum absolute atomic E-state index is 12.2. The lowest BCUT2D eigenvalue weighted by Gasteiger charge is -2.21. The van der Waals surface area contributed by atoms with Gasteiger partial charge in [-0.15, -0.1) is 0 Å². The van der Waals surface area contributed by atoms with Gasteiger partial charge in [0, 0.05) is 12.6 Å². The molecule has 21 heavy (non-hydrogen) atoms. The van der Waals surface area contributed by atoms with Crippen LogP contribution in [-0.2, 0) is 11.2 Å². The summed E-state index contributed by atoms with van der Waals surface area (Å²) in [5, 5.41) is 0. The number of amides is 1. The summed E-state index contributed by atoms with van der Waals surface area (Å²) in [6, 6.07) is 6.00. The van der Waals surface area contributed by atoms with E-state index in [2.05, 4.69) is 0 Å². The van der Waals surface area contributed by atoms with Crippen LogP contribution in [0.2, 0.25) is 0 Å². The molecule has 5 heteroatoms. The number of likely N-dealkylation sites (N-methyl/N-ethyl adjacent to an activating group) is 1. The molecule has 0 unspecified atom stereocenters. The van der Waals surface area contributed by atoms with Gasteiger partial charge in [-0.3, -0.25) is 4.79 Å². The van der Waals surface area contributed by atoms with Gasteiger partial charge in [0.1, 0.15) is 11.5 Å². The number of rotatable bonds is 8. The van der Waals surface area contributed by atoms with Gasteiger partial charge >= 0.3 is 0 Å². The minimum absolute atomic E-state index is 0.0505. The number of carbonyl (C=O) groups is 1. The number of carbonyl (C=O) groups excluding carboxylic acids is 1. The maximum Gasteiger partial charge on any atom is 0.260 e. The largest absolute Gasteiger partial charge is 0.497 e. The Morgan fingerprint density at radius 1 is 1.43 bits per heavy atom. The van der Waals surface area contributed by atoms with E-state index in [4.69, 9.17) is 15.2 Å². The molecule has 0 atom stereocenters. The van der Waals surface area contributed by atoms with Gasteiger partial charge in [-0.1, -0.05) is 0 Å². The topological polar surface area (TPSA) is 64.8 Å². The zero-order valence-corrected chi connectivity index (χ0v) is 12.8. The molecule has 1 fully saturated rings. The molecule has 1 saturated carbocycles. The smallest absolute Gasteiger partial charge is 0.260 e. The molecule has 0 aliphatic heterocycles. The molecule has 2 rings (SSSR count). The molecule has 1 amide bonds. The van der Waals surface area contributed by atoms with Crippen LogP contribution in [0.3, 0.4) is 0 Å². The average molecular weight is 292 g/mol. The van der Waals surface area contributed by atoms with Crippen LogP contribution in [0.25, 0.3) is 0 Å². The number of hydrogen-bond acceptors (Lipinski definition) is 4. The molecule has 5 nitrogen and oxygen atoms in total. The summed E-state index contributed by atoms with van der Waals surface area (Å²) in [4.78, 5) is 14.1. The van der Waals surface area contributed by atoms with Crippen LogP contribution in [0.4, 0.5) is 0 Å². The van der Waals surface area contributed by atoms with Crippen molar-refractivity contribution < 1.29 is 14.3 Å². The monoisotopic (exact) mass is 292 g/mol. The minimum Gasteiger partial charge on any atom is -0.497 e. The molecular formula is C16H24N2O3. The lowest BCUT2D eigenvalue weighted by molar-refractivity contribution is -0.133. The van der Waals surface area contributed by atoms with Crippen LogP contribution in [0.15, 0.2) is 18.2 Å².